The van der Waals surface area contributed by atoms with E-state index in [2.05, 4.69) is 58.6 Å². The van der Waals surface area contributed by atoms with E-state index < -0.39 is 0 Å². The summed E-state index contributed by atoms with van der Waals surface area (Å²) >= 11 is 0. The quantitative estimate of drug-likeness (QED) is 0.348. The molecule has 0 spiro atoms. The van der Waals surface area contributed by atoms with Crippen molar-refractivity contribution in [2.75, 3.05) is 28.7 Å². The lowest BCUT2D eigenvalue weighted by Gasteiger charge is -2.26. The summed E-state index contributed by atoms with van der Waals surface area (Å²) in [6.07, 6.45) is 7.41. The summed E-state index contributed by atoms with van der Waals surface area (Å²) in [4.78, 5) is 16.0. The number of hydrogen-bond acceptors (Lipinski definition) is 7. The number of rotatable bonds is 6. The first-order valence-electron chi connectivity index (χ1n) is 10.9. The molecule has 8 heteroatoms. The zero-order valence-electron chi connectivity index (χ0n) is 18.1. The van der Waals surface area contributed by atoms with Gasteiger partial charge in [-0.3, -0.25) is 0 Å². The molecule has 1 fully saturated rings. The molecule has 0 radical (unpaired) electrons. The van der Waals surface area contributed by atoms with Crippen molar-refractivity contribution in [2.24, 2.45) is 12.1 Å². The molecule has 0 saturated carbocycles. The van der Waals surface area contributed by atoms with Crippen LogP contribution >= 0.6 is 0 Å². The van der Waals surface area contributed by atoms with Crippen molar-refractivity contribution in [3.05, 3.63) is 66.4 Å². The molecule has 1 aliphatic heterocycles. The average Bonchev–Trinajstić information content (AvgIpc) is 3.16. The smallest absolute Gasteiger partial charge is 0.250 e. The molecule has 1 saturated heterocycles. The molecule has 1 aliphatic rings. The highest BCUT2D eigenvalue weighted by atomic mass is 15.4. The Balaban J connectivity index is 1.41. The maximum Gasteiger partial charge on any atom is 0.250 e. The molecule has 0 unspecified atom stereocenters. The van der Waals surface area contributed by atoms with Crippen molar-refractivity contribution < 1.29 is 0 Å². The van der Waals surface area contributed by atoms with Gasteiger partial charge in [-0.25, -0.2) is 5.43 Å². The summed E-state index contributed by atoms with van der Waals surface area (Å²) in [5.74, 6) is 1.58. The topological polar surface area (TPSA) is 83.3 Å². The van der Waals surface area contributed by atoms with Gasteiger partial charge < -0.3 is 14.8 Å². The number of aromatic nitrogens is 4. The molecule has 0 aliphatic carbocycles. The molecular weight excluding hydrogens is 400 g/mol. The van der Waals surface area contributed by atoms with Crippen LogP contribution in [0.15, 0.2) is 65.9 Å². The summed E-state index contributed by atoms with van der Waals surface area (Å²) < 4.78 is 2.09. The minimum Gasteiger partial charge on any atom is -0.350 e. The molecule has 8 nitrogen and oxygen atoms in total. The van der Waals surface area contributed by atoms with Crippen molar-refractivity contribution in [2.45, 2.75) is 19.3 Å². The van der Waals surface area contributed by atoms with Crippen molar-refractivity contribution in [3.8, 4) is 0 Å². The maximum atomic E-state index is 4.66. The Morgan fingerprint density at radius 1 is 0.875 bits per heavy atom. The first kappa shape index (κ1) is 20.0. The second kappa shape index (κ2) is 9.05. The summed E-state index contributed by atoms with van der Waals surface area (Å²) in [5, 5.41) is 8.85. The van der Waals surface area contributed by atoms with Crippen molar-refractivity contribution in [1.29, 1.82) is 0 Å². The maximum absolute atomic E-state index is 4.66. The van der Waals surface area contributed by atoms with Crippen LogP contribution in [-0.2, 0) is 7.05 Å². The van der Waals surface area contributed by atoms with Gasteiger partial charge in [0.25, 0.3) is 0 Å². The number of anilines is 4. The Kier molecular flexibility index (Phi) is 5.65. The highest BCUT2D eigenvalue weighted by Gasteiger charge is 2.16. The van der Waals surface area contributed by atoms with Gasteiger partial charge in [-0.15, -0.1) is 0 Å². The molecule has 3 heterocycles. The highest BCUT2D eigenvalue weighted by Crippen LogP contribution is 2.21. The van der Waals surface area contributed by atoms with E-state index in [0.717, 1.165) is 48.1 Å². The van der Waals surface area contributed by atoms with E-state index in [1.165, 1.54) is 6.42 Å². The number of nitrogens with one attached hydrogen (secondary N) is 2. The van der Waals surface area contributed by atoms with Crippen LogP contribution in [0.5, 0.6) is 0 Å². The molecule has 0 bridgehead atoms. The van der Waals surface area contributed by atoms with E-state index in [0.29, 0.717) is 17.8 Å². The second-order valence-electron chi connectivity index (χ2n) is 7.90. The zero-order valence-corrected chi connectivity index (χ0v) is 18.1. The van der Waals surface area contributed by atoms with Gasteiger partial charge in [0, 0.05) is 48.5 Å². The number of hydrazone groups is 1. The van der Waals surface area contributed by atoms with E-state index in [1.807, 2.05) is 49.5 Å². The highest BCUT2D eigenvalue weighted by molar-refractivity contribution is 5.99. The number of para-hydroxylation sites is 2. The Morgan fingerprint density at radius 3 is 2.47 bits per heavy atom. The van der Waals surface area contributed by atoms with E-state index in [9.17, 15) is 0 Å². The number of hydrogen-bond donors (Lipinski definition) is 2. The minimum absolute atomic E-state index is 0.412. The van der Waals surface area contributed by atoms with Gasteiger partial charge in [-0.1, -0.05) is 36.4 Å². The first-order valence-corrected chi connectivity index (χ1v) is 10.9. The third-order valence-electron chi connectivity index (χ3n) is 5.59. The lowest BCUT2D eigenvalue weighted by atomic mass is 10.1. The first-order chi connectivity index (χ1) is 15.8. The predicted octanol–water partition coefficient (Wildman–Crippen LogP) is 4.54. The van der Waals surface area contributed by atoms with Gasteiger partial charge in [-0.2, -0.15) is 20.1 Å². The number of benzene rings is 2. The largest absolute Gasteiger partial charge is 0.350 e. The molecule has 2 aromatic carbocycles. The standard InChI is InChI=1S/C24H26N8/c1-31-17-18(20-12-6-7-13-21(20)31)16-25-30-23-27-22(26-19-10-4-2-5-11-19)28-24(29-23)32-14-8-3-9-15-32/h2,4-7,10-13,16-17H,3,8-9,14-15H2,1H3,(H2,26,27,28,29,30)/b25-16-. The molecule has 5 rings (SSSR count). The summed E-state index contributed by atoms with van der Waals surface area (Å²) in [7, 11) is 2.03. The fourth-order valence-electron chi connectivity index (χ4n) is 3.99. The van der Waals surface area contributed by atoms with Crippen LogP contribution in [0.3, 0.4) is 0 Å². The van der Waals surface area contributed by atoms with Crippen LogP contribution in [0, 0.1) is 0 Å². The average molecular weight is 427 g/mol. The van der Waals surface area contributed by atoms with Crippen LogP contribution in [0.1, 0.15) is 24.8 Å². The molecule has 0 atom stereocenters. The number of fused-ring (bicyclic) bond motifs is 1. The monoisotopic (exact) mass is 426 g/mol. The fraction of sp³-hybridized carbons (Fsp3) is 0.250. The van der Waals surface area contributed by atoms with Crippen LogP contribution in [0.4, 0.5) is 23.5 Å². The van der Waals surface area contributed by atoms with Crippen molar-refractivity contribution in [3.63, 3.8) is 0 Å². The van der Waals surface area contributed by atoms with E-state index in [4.69, 9.17) is 0 Å². The third-order valence-corrected chi connectivity index (χ3v) is 5.59. The molecule has 32 heavy (non-hydrogen) atoms. The van der Waals surface area contributed by atoms with Crippen LogP contribution < -0.4 is 15.6 Å². The molecule has 2 aromatic heterocycles. The summed E-state index contributed by atoms with van der Waals surface area (Å²) in [5.41, 5.74) is 6.12. The zero-order chi connectivity index (χ0) is 21.8. The van der Waals surface area contributed by atoms with Crippen molar-refractivity contribution >= 4 is 40.6 Å². The third kappa shape index (κ3) is 4.39. The van der Waals surface area contributed by atoms with Gasteiger partial charge >= 0.3 is 0 Å². The van der Waals surface area contributed by atoms with Gasteiger partial charge in [0.2, 0.25) is 17.8 Å². The lowest BCUT2D eigenvalue weighted by molar-refractivity contribution is 0.568. The molecule has 0 amide bonds. The number of piperidine rings is 1. The number of aryl methyl sites for hydroxylation is 1. The minimum atomic E-state index is 0.412. The van der Waals surface area contributed by atoms with Gasteiger partial charge in [0.15, 0.2) is 0 Å². The normalized spacial score (nSPS) is 14.2. The SMILES string of the molecule is Cn1cc(/C=N\Nc2nc(Nc3ccccc3)nc(N3CCCCC3)n2)c2ccccc21. The molecule has 162 valence electrons. The number of nitrogens with zero attached hydrogens (tertiary/aromatic N) is 6. The van der Waals surface area contributed by atoms with Crippen molar-refractivity contribution in [1.82, 2.24) is 19.5 Å². The summed E-state index contributed by atoms with van der Waals surface area (Å²) in [6.45, 7) is 1.90. The second-order valence-corrected chi connectivity index (χ2v) is 7.90. The Morgan fingerprint density at radius 2 is 1.62 bits per heavy atom. The molecular formula is C24H26N8. The lowest BCUT2D eigenvalue weighted by Crippen LogP contribution is -2.31. The van der Waals surface area contributed by atoms with Gasteiger partial charge in [0.1, 0.15) is 0 Å². The Hall–Kier alpha value is -3.94. The van der Waals surface area contributed by atoms with Crippen LogP contribution in [-0.4, -0.2) is 38.8 Å². The Bertz CT molecular complexity index is 1230. The van der Waals surface area contributed by atoms with E-state index in [-0.39, 0.29) is 0 Å². The van der Waals surface area contributed by atoms with Crippen LogP contribution in [0.2, 0.25) is 0 Å². The van der Waals surface area contributed by atoms with E-state index in [1.54, 1.807) is 6.21 Å². The van der Waals surface area contributed by atoms with Crippen LogP contribution in [0.25, 0.3) is 10.9 Å². The van der Waals surface area contributed by atoms with E-state index >= 15 is 0 Å². The summed E-state index contributed by atoms with van der Waals surface area (Å²) in [6, 6.07) is 18.2. The predicted molar refractivity (Wildman–Crippen MR) is 130 cm³/mol. The fourth-order valence-corrected chi connectivity index (χ4v) is 3.99. The molecule has 2 N–H and O–H groups in total. The van der Waals surface area contributed by atoms with Gasteiger partial charge in [0.05, 0.1) is 6.21 Å². The van der Waals surface area contributed by atoms with Gasteiger partial charge in [-0.05, 0) is 37.5 Å². The Labute approximate surface area is 187 Å². The molecule has 4 aromatic rings.